The largest absolute Gasteiger partial charge is 0.496 e. The highest BCUT2D eigenvalue weighted by molar-refractivity contribution is 5.55. The molecule has 0 fully saturated rings. The van der Waals surface area contributed by atoms with Crippen molar-refractivity contribution in [1.82, 2.24) is 0 Å². The molecular formula is C20H24O4. The fourth-order valence-corrected chi connectivity index (χ4v) is 2.96. The normalized spacial score (nSPS) is 13.7. The zero-order valence-electron chi connectivity index (χ0n) is 14.7. The third-order valence-corrected chi connectivity index (χ3v) is 4.35. The van der Waals surface area contributed by atoms with Crippen molar-refractivity contribution in [3.8, 4) is 23.0 Å². The second-order valence-electron chi connectivity index (χ2n) is 6.04. The highest BCUT2D eigenvalue weighted by atomic mass is 16.7. The van der Waals surface area contributed by atoms with Gasteiger partial charge in [0.05, 0.1) is 13.7 Å². The molecule has 1 unspecified atom stereocenters. The quantitative estimate of drug-likeness (QED) is 0.772. The molecule has 2 aromatic rings. The first-order valence-electron chi connectivity index (χ1n) is 8.35. The highest BCUT2D eigenvalue weighted by Gasteiger charge is 2.22. The van der Waals surface area contributed by atoms with Crippen LogP contribution in [0.1, 0.15) is 42.9 Å². The Hall–Kier alpha value is -2.36. The number of fused-ring (bicyclic) bond motifs is 1. The van der Waals surface area contributed by atoms with E-state index in [4.69, 9.17) is 18.9 Å². The van der Waals surface area contributed by atoms with E-state index in [0.717, 1.165) is 40.5 Å². The molecule has 4 heteroatoms. The van der Waals surface area contributed by atoms with Crippen LogP contribution in [0.25, 0.3) is 0 Å². The predicted octanol–water partition coefficient (Wildman–Crippen LogP) is 4.67. The Labute approximate surface area is 143 Å². The molecule has 0 amide bonds. The maximum Gasteiger partial charge on any atom is 0.231 e. The summed E-state index contributed by atoms with van der Waals surface area (Å²) in [7, 11) is 1.69. The van der Waals surface area contributed by atoms with Gasteiger partial charge in [-0.1, -0.05) is 26.0 Å². The molecule has 2 aromatic carbocycles. The van der Waals surface area contributed by atoms with E-state index in [1.54, 1.807) is 7.11 Å². The van der Waals surface area contributed by atoms with Gasteiger partial charge in [0.15, 0.2) is 11.5 Å². The maximum atomic E-state index is 5.97. The first kappa shape index (κ1) is 16.5. The topological polar surface area (TPSA) is 36.9 Å². The van der Waals surface area contributed by atoms with Gasteiger partial charge in [-0.05, 0) is 36.6 Å². The first-order chi connectivity index (χ1) is 11.6. The summed E-state index contributed by atoms with van der Waals surface area (Å²) in [5.74, 6) is 3.48. The minimum absolute atomic E-state index is 0.177. The lowest BCUT2D eigenvalue weighted by Crippen LogP contribution is -2.04. The number of hydrogen-bond acceptors (Lipinski definition) is 4. The molecular weight excluding hydrogens is 304 g/mol. The minimum atomic E-state index is 0.177. The molecule has 0 aromatic heterocycles. The number of aryl methyl sites for hydroxylation is 1. The molecule has 1 heterocycles. The van der Waals surface area contributed by atoms with E-state index in [0.29, 0.717) is 6.61 Å². The molecule has 4 nitrogen and oxygen atoms in total. The highest BCUT2D eigenvalue weighted by Crippen LogP contribution is 2.42. The Balaban J connectivity index is 1.98. The monoisotopic (exact) mass is 328 g/mol. The van der Waals surface area contributed by atoms with E-state index in [1.807, 2.05) is 18.2 Å². The average molecular weight is 328 g/mol. The van der Waals surface area contributed by atoms with E-state index in [-0.39, 0.29) is 12.7 Å². The Kier molecular flexibility index (Phi) is 4.84. The van der Waals surface area contributed by atoms with Crippen molar-refractivity contribution in [3.05, 3.63) is 47.0 Å². The predicted molar refractivity (Wildman–Crippen MR) is 93.6 cm³/mol. The van der Waals surface area contributed by atoms with Crippen LogP contribution in [0.2, 0.25) is 0 Å². The molecule has 1 aliphatic rings. The molecule has 0 bridgehead atoms. The third-order valence-electron chi connectivity index (χ3n) is 4.35. The Morgan fingerprint density at radius 2 is 1.83 bits per heavy atom. The first-order valence-corrected chi connectivity index (χ1v) is 8.35. The van der Waals surface area contributed by atoms with Crippen LogP contribution in [-0.4, -0.2) is 20.5 Å². The van der Waals surface area contributed by atoms with Crippen molar-refractivity contribution in [3.63, 3.8) is 0 Å². The molecule has 1 atom stereocenters. The van der Waals surface area contributed by atoms with Crippen molar-refractivity contribution in [2.45, 2.75) is 33.1 Å². The lowest BCUT2D eigenvalue weighted by atomic mass is 9.91. The van der Waals surface area contributed by atoms with E-state index in [2.05, 4.69) is 32.9 Å². The molecule has 0 radical (unpaired) electrons. The van der Waals surface area contributed by atoms with Crippen molar-refractivity contribution in [2.24, 2.45) is 0 Å². The summed E-state index contributed by atoms with van der Waals surface area (Å²) in [5, 5.41) is 0. The van der Waals surface area contributed by atoms with Gasteiger partial charge in [0.2, 0.25) is 6.79 Å². The molecule has 1 aliphatic heterocycles. The van der Waals surface area contributed by atoms with Gasteiger partial charge in [-0.15, -0.1) is 0 Å². The number of hydrogen-bond donors (Lipinski definition) is 0. The fraction of sp³-hybridized carbons (Fsp3) is 0.400. The van der Waals surface area contributed by atoms with E-state index >= 15 is 0 Å². The van der Waals surface area contributed by atoms with Gasteiger partial charge in [0.25, 0.3) is 0 Å². The Bertz CT molecular complexity index is 724. The van der Waals surface area contributed by atoms with Gasteiger partial charge >= 0.3 is 0 Å². The van der Waals surface area contributed by atoms with Crippen LogP contribution in [0.15, 0.2) is 30.3 Å². The minimum Gasteiger partial charge on any atom is -0.496 e. The van der Waals surface area contributed by atoms with Crippen molar-refractivity contribution >= 4 is 0 Å². The molecule has 0 N–H and O–H groups in total. The molecule has 128 valence electrons. The van der Waals surface area contributed by atoms with Crippen molar-refractivity contribution in [1.29, 1.82) is 0 Å². The summed E-state index contributed by atoms with van der Waals surface area (Å²) in [6.07, 6.45) is 0.962. The lowest BCUT2D eigenvalue weighted by molar-refractivity contribution is 0.173. The number of methoxy groups -OCH3 is 1. The molecule has 24 heavy (non-hydrogen) atoms. The molecule has 0 saturated carbocycles. The molecule has 0 spiro atoms. The molecule has 0 aliphatic carbocycles. The number of rotatable bonds is 6. The summed E-state index contributed by atoms with van der Waals surface area (Å²) >= 11 is 0. The van der Waals surface area contributed by atoms with Crippen molar-refractivity contribution < 1.29 is 18.9 Å². The van der Waals surface area contributed by atoms with Crippen LogP contribution >= 0.6 is 0 Å². The van der Waals surface area contributed by atoms with Gasteiger partial charge in [-0.25, -0.2) is 0 Å². The second-order valence-corrected chi connectivity index (χ2v) is 6.04. The van der Waals surface area contributed by atoms with Crippen LogP contribution in [0.4, 0.5) is 0 Å². The van der Waals surface area contributed by atoms with Gasteiger partial charge < -0.3 is 18.9 Å². The van der Waals surface area contributed by atoms with Gasteiger partial charge in [0, 0.05) is 17.5 Å². The summed E-state index contributed by atoms with van der Waals surface area (Å²) in [6, 6.07) is 10.3. The number of benzene rings is 2. The van der Waals surface area contributed by atoms with Crippen LogP contribution in [-0.2, 0) is 0 Å². The summed E-state index contributed by atoms with van der Waals surface area (Å²) in [4.78, 5) is 0. The smallest absolute Gasteiger partial charge is 0.231 e. The van der Waals surface area contributed by atoms with Gasteiger partial charge in [-0.3, -0.25) is 0 Å². The Morgan fingerprint density at radius 3 is 2.50 bits per heavy atom. The van der Waals surface area contributed by atoms with E-state index in [9.17, 15) is 0 Å². The van der Waals surface area contributed by atoms with Crippen molar-refractivity contribution in [2.75, 3.05) is 20.5 Å². The lowest BCUT2D eigenvalue weighted by Gasteiger charge is -2.19. The standard InChI is InChI=1S/C20H24O4/c1-5-8-22-18-11-20-19(23-12-24-20)10-16(18)14(3)15-6-7-17(21-4)13(2)9-15/h6-7,9-11,14H,5,8,12H2,1-4H3. The summed E-state index contributed by atoms with van der Waals surface area (Å²) < 4.78 is 22.4. The zero-order valence-corrected chi connectivity index (χ0v) is 14.7. The van der Waals surface area contributed by atoms with Crippen LogP contribution in [0, 0.1) is 6.92 Å². The van der Waals surface area contributed by atoms with Gasteiger partial charge in [-0.2, -0.15) is 0 Å². The van der Waals surface area contributed by atoms with Gasteiger partial charge in [0.1, 0.15) is 11.5 Å². The second kappa shape index (κ2) is 7.04. The van der Waals surface area contributed by atoms with E-state index in [1.165, 1.54) is 5.56 Å². The Morgan fingerprint density at radius 1 is 1.08 bits per heavy atom. The van der Waals surface area contributed by atoms with E-state index < -0.39 is 0 Å². The molecule has 0 saturated heterocycles. The maximum absolute atomic E-state index is 5.97. The summed E-state index contributed by atoms with van der Waals surface area (Å²) in [5.41, 5.74) is 3.45. The zero-order chi connectivity index (χ0) is 17.1. The SMILES string of the molecule is CCCOc1cc2c(cc1C(C)c1ccc(OC)c(C)c1)OCO2. The third kappa shape index (κ3) is 3.14. The fourth-order valence-electron chi connectivity index (χ4n) is 2.96. The van der Waals surface area contributed by atoms with Crippen LogP contribution < -0.4 is 18.9 Å². The van der Waals surface area contributed by atoms with Crippen LogP contribution in [0.5, 0.6) is 23.0 Å². The number of ether oxygens (including phenoxy) is 4. The average Bonchev–Trinajstić information content (AvgIpc) is 3.05. The van der Waals surface area contributed by atoms with Crippen LogP contribution in [0.3, 0.4) is 0 Å². The summed E-state index contributed by atoms with van der Waals surface area (Å²) in [6.45, 7) is 7.28. The molecule has 3 rings (SSSR count).